The van der Waals surface area contributed by atoms with Crippen LogP contribution in [-0.2, 0) is 9.59 Å². The molecule has 1 atom stereocenters. The number of benzene rings is 2. The lowest BCUT2D eigenvalue weighted by molar-refractivity contribution is -0.122. The molecule has 0 radical (unpaired) electrons. The smallest absolute Gasteiger partial charge is 0.229 e. The molecule has 0 aliphatic carbocycles. The Morgan fingerprint density at radius 3 is 2.65 bits per heavy atom. The highest BCUT2D eigenvalue weighted by Crippen LogP contribution is 2.30. The maximum atomic E-state index is 12.7. The summed E-state index contributed by atoms with van der Waals surface area (Å²) in [5.41, 5.74) is 3.61. The number of aryl methyl sites for hydroxylation is 1. The third kappa shape index (κ3) is 3.75. The van der Waals surface area contributed by atoms with Gasteiger partial charge in [0.25, 0.3) is 0 Å². The number of carbonyl (C=O) groups excluding carboxylic acids is 2. The lowest BCUT2D eigenvalue weighted by Crippen LogP contribution is -2.28. The number of anilines is 2. The Hall–Kier alpha value is -2.33. The summed E-state index contributed by atoms with van der Waals surface area (Å²) < 4.78 is 0. The molecule has 1 aliphatic rings. The molecule has 5 heteroatoms. The minimum Gasteiger partial charge on any atom is -0.326 e. The molecule has 1 fully saturated rings. The molecule has 2 aromatic rings. The van der Waals surface area contributed by atoms with Crippen LogP contribution in [0.15, 0.2) is 42.5 Å². The Labute approximate surface area is 159 Å². The van der Waals surface area contributed by atoms with Crippen molar-refractivity contribution in [2.24, 2.45) is 5.92 Å². The van der Waals surface area contributed by atoms with E-state index in [0.717, 1.165) is 22.5 Å². The average molecular weight is 371 g/mol. The van der Waals surface area contributed by atoms with Crippen LogP contribution >= 0.6 is 11.6 Å². The maximum absolute atomic E-state index is 12.7. The van der Waals surface area contributed by atoms with E-state index in [4.69, 9.17) is 11.6 Å². The van der Waals surface area contributed by atoms with Gasteiger partial charge in [-0.2, -0.15) is 0 Å². The van der Waals surface area contributed by atoms with Crippen molar-refractivity contribution in [3.8, 4) is 0 Å². The second-order valence-electron chi connectivity index (χ2n) is 7.07. The second-order valence-corrected chi connectivity index (χ2v) is 7.48. The van der Waals surface area contributed by atoms with Gasteiger partial charge in [-0.05, 0) is 42.2 Å². The van der Waals surface area contributed by atoms with Gasteiger partial charge in [0.2, 0.25) is 11.8 Å². The molecule has 0 aromatic heterocycles. The van der Waals surface area contributed by atoms with E-state index in [9.17, 15) is 9.59 Å². The van der Waals surface area contributed by atoms with Gasteiger partial charge in [0, 0.05) is 29.4 Å². The molecule has 1 saturated heterocycles. The molecule has 1 aliphatic heterocycles. The molecule has 1 N–H and O–H groups in total. The van der Waals surface area contributed by atoms with Crippen LogP contribution in [0.25, 0.3) is 0 Å². The first kappa shape index (κ1) is 18.5. The third-order valence-corrected chi connectivity index (χ3v) is 5.21. The predicted molar refractivity (Wildman–Crippen MR) is 106 cm³/mol. The molecule has 0 bridgehead atoms. The fraction of sp³-hybridized carbons (Fsp3) is 0.333. The first-order valence-electron chi connectivity index (χ1n) is 8.83. The zero-order chi connectivity index (χ0) is 18.8. The third-order valence-electron chi connectivity index (χ3n) is 4.80. The molecule has 2 amide bonds. The van der Waals surface area contributed by atoms with Gasteiger partial charge in [0.15, 0.2) is 0 Å². The van der Waals surface area contributed by atoms with Crippen LogP contribution in [0.4, 0.5) is 11.4 Å². The first-order chi connectivity index (χ1) is 12.4. The summed E-state index contributed by atoms with van der Waals surface area (Å²) in [6.45, 7) is 6.47. The number of hydrogen-bond donors (Lipinski definition) is 1. The van der Waals surface area contributed by atoms with Gasteiger partial charge in [-0.1, -0.05) is 49.7 Å². The lowest BCUT2D eigenvalue weighted by Gasteiger charge is -2.18. The Bertz CT molecular complexity index is 848. The summed E-state index contributed by atoms with van der Waals surface area (Å²) in [6.07, 6.45) is 0.209. The van der Waals surface area contributed by atoms with E-state index < -0.39 is 0 Å². The van der Waals surface area contributed by atoms with Crippen LogP contribution in [0, 0.1) is 12.8 Å². The molecular weight excluding hydrogens is 348 g/mol. The number of amides is 2. The molecule has 3 rings (SSSR count). The SMILES string of the molecule is Cc1ccc(N2C[C@@H](C(=O)Nc3ccccc3C(C)C)CC2=O)cc1Cl. The zero-order valence-corrected chi connectivity index (χ0v) is 16.0. The van der Waals surface area contributed by atoms with Crippen LogP contribution in [0.1, 0.15) is 37.3 Å². The molecular formula is C21H23ClN2O2. The van der Waals surface area contributed by atoms with Gasteiger partial charge in [0.05, 0.1) is 5.92 Å². The summed E-state index contributed by atoms with van der Waals surface area (Å²) in [6, 6.07) is 13.3. The molecule has 0 spiro atoms. The minimum absolute atomic E-state index is 0.0535. The first-order valence-corrected chi connectivity index (χ1v) is 9.21. The van der Waals surface area contributed by atoms with Gasteiger partial charge in [0.1, 0.15) is 0 Å². The number of rotatable bonds is 4. The molecule has 4 nitrogen and oxygen atoms in total. The summed E-state index contributed by atoms with van der Waals surface area (Å²) in [5.74, 6) is -0.236. The zero-order valence-electron chi connectivity index (χ0n) is 15.3. The van der Waals surface area contributed by atoms with Crippen LogP contribution in [0.5, 0.6) is 0 Å². The van der Waals surface area contributed by atoms with Gasteiger partial charge in [-0.15, -0.1) is 0 Å². The van der Waals surface area contributed by atoms with Crippen LogP contribution in [0.3, 0.4) is 0 Å². The normalized spacial score (nSPS) is 17.0. The summed E-state index contributed by atoms with van der Waals surface area (Å²) >= 11 is 6.18. The quantitative estimate of drug-likeness (QED) is 0.843. The highest BCUT2D eigenvalue weighted by atomic mass is 35.5. The van der Waals surface area contributed by atoms with Crippen molar-refractivity contribution in [1.82, 2.24) is 0 Å². The van der Waals surface area contributed by atoms with E-state index >= 15 is 0 Å². The maximum Gasteiger partial charge on any atom is 0.229 e. The molecule has 1 heterocycles. The second kappa shape index (κ2) is 7.50. The van der Waals surface area contributed by atoms with E-state index in [1.807, 2.05) is 43.3 Å². The van der Waals surface area contributed by atoms with Crippen molar-refractivity contribution in [3.05, 3.63) is 58.6 Å². The molecule has 136 valence electrons. The van der Waals surface area contributed by atoms with E-state index in [0.29, 0.717) is 17.5 Å². The van der Waals surface area contributed by atoms with E-state index in [1.165, 1.54) is 0 Å². The standard InChI is InChI=1S/C21H23ClN2O2/c1-13(2)17-6-4-5-7-19(17)23-21(26)15-10-20(25)24(12-15)16-9-8-14(3)18(22)11-16/h4-9,11,13,15H,10,12H2,1-3H3,(H,23,26)/t15-/m0/s1. The topological polar surface area (TPSA) is 49.4 Å². The highest BCUT2D eigenvalue weighted by Gasteiger charge is 2.35. The Morgan fingerprint density at radius 2 is 1.96 bits per heavy atom. The minimum atomic E-state index is -0.372. The fourth-order valence-electron chi connectivity index (χ4n) is 3.23. The number of para-hydroxylation sites is 1. The van der Waals surface area contributed by atoms with E-state index in [2.05, 4.69) is 19.2 Å². The fourth-order valence-corrected chi connectivity index (χ4v) is 3.41. The number of halogens is 1. The van der Waals surface area contributed by atoms with Gasteiger partial charge in [-0.25, -0.2) is 0 Å². The van der Waals surface area contributed by atoms with E-state index in [-0.39, 0.29) is 24.2 Å². The van der Waals surface area contributed by atoms with Crippen molar-refractivity contribution < 1.29 is 9.59 Å². The Morgan fingerprint density at radius 1 is 1.23 bits per heavy atom. The van der Waals surface area contributed by atoms with Gasteiger partial charge < -0.3 is 10.2 Å². The molecule has 0 saturated carbocycles. The van der Waals surface area contributed by atoms with Crippen molar-refractivity contribution in [3.63, 3.8) is 0 Å². The number of nitrogens with one attached hydrogen (secondary N) is 1. The van der Waals surface area contributed by atoms with Crippen LogP contribution in [0.2, 0.25) is 5.02 Å². The largest absolute Gasteiger partial charge is 0.326 e. The molecule has 2 aromatic carbocycles. The Balaban J connectivity index is 1.74. The van der Waals surface area contributed by atoms with Gasteiger partial charge in [-0.3, -0.25) is 9.59 Å². The number of nitrogens with zero attached hydrogens (tertiary/aromatic N) is 1. The number of carbonyl (C=O) groups is 2. The molecule has 0 unspecified atom stereocenters. The van der Waals surface area contributed by atoms with Crippen LogP contribution in [-0.4, -0.2) is 18.4 Å². The Kier molecular flexibility index (Phi) is 5.33. The predicted octanol–water partition coefficient (Wildman–Crippen LogP) is 4.76. The summed E-state index contributed by atoms with van der Waals surface area (Å²) in [5, 5.41) is 3.62. The highest BCUT2D eigenvalue weighted by molar-refractivity contribution is 6.31. The van der Waals surface area contributed by atoms with Crippen molar-refractivity contribution >= 4 is 34.8 Å². The molecule has 26 heavy (non-hydrogen) atoms. The average Bonchev–Trinajstić information content (AvgIpc) is 2.99. The monoisotopic (exact) mass is 370 g/mol. The number of hydrogen-bond acceptors (Lipinski definition) is 2. The van der Waals surface area contributed by atoms with Crippen molar-refractivity contribution in [2.75, 3.05) is 16.8 Å². The summed E-state index contributed by atoms with van der Waals surface area (Å²) in [4.78, 5) is 26.8. The summed E-state index contributed by atoms with van der Waals surface area (Å²) in [7, 11) is 0. The van der Waals surface area contributed by atoms with Crippen molar-refractivity contribution in [2.45, 2.75) is 33.1 Å². The lowest BCUT2D eigenvalue weighted by atomic mass is 10.0. The van der Waals surface area contributed by atoms with Gasteiger partial charge >= 0.3 is 0 Å². The van der Waals surface area contributed by atoms with E-state index in [1.54, 1.807) is 11.0 Å². The van der Waals surface area contributed by atoms with Crippen LogP contribution < -0.4 is 10.2 Å². The van der Waals surface area contributed by atoms with Crippen molar-refractivity contribution in [1.29, 1.82) is 0 Å².